The minimum absolute atomic E-state index is 0.325. The second-order valence-electron chi connectivity index (χ2n) is 7.36. The Morgan fingerprint density at radius 1 is 1.20 bits per heavy atom. The van der Waals surface area contributed by atoms with Crippen LogP contribution in [0.2, 0.25) is 0 Å². The molecule has 0 saturated heterocycles. The molecule has 1 aliphatic rings. The SMILES string of the molecule is [2H]C([2H])(c1ccnc2[nH]ccc12)N1CCc2c(NC(=O)Nc3cccc(C)c3)cccc21. The van der Waals surface area contributed by atoms with Gasteiger partial charge < -0.3 is 20.5 Å². The van der Waals surface area contributed by atoms with Crippen LogP contribution in [0.1, 0.15) is 19.4 Å². The number of aryl methyl sites for hydroxylation is 1. The zero-order chi connectivity index (χ0) is 22.3. The van der Waals surface area contributed by atoms with Gasteiger partial charge in [0.15, 0.2) is 0 Å². The van der Waals surface area contributed by atoms with E-state index < -0.39 is 6.50 Å². The first-order valence-electron chi connectivity index (χ1n) is 10.9. The molecule has 2 aromatic carbocycles. The van der Waals surface area contributed by atoms with Crippen molar-refractivity contribution in [2.45, 2.75) is 19.8 Å². The van der Waals surface area contributed by atoms with Gasteiger partial charge in [0, 0.05) is 53.4 Å². The third-order valence-corrected chi connectivity index (χ3v) is 5.27. The molecule has 2 aromatic heterocycles. The van der Waals surface area contributed by atoms with Crippen molar-refractivity contribution in [2.75, 3.05) is 22.1 Å². The van der Waals surface area contributed by atoms with Gasteiger partial charge in [0.2, 0.25) is 0 Å². The summed E-state index contributed by atoms with van der Waals surface area (Å²) in [7, 11) is 0. The molecule has 150 valence electrons. The fourth-order valence-corrected chi connectivity index (χ4v) is 3.88. The number of aromatic nitrogens is 2. The molecular formula is C24H23N5O. The second kappa shape index (κ2) is 7.55. The van der Waals surface area contributed by atoms with E-state index in [9.17, 15) is 4.79 Å². The van der Waals surface area contributed by atoms with Gasteiger partial charge in [-0.25, -0.2) is 9.78 Å². The number of urea groups is 1. The van der Waals surface area contributed by atoms with Gasteiger partial charge in [-0.3, -0.25) is 0 Å². The Morgan fingerprint density at radius 2 is 2.10 bits per heavy atom. The molecule has 0 radical (unpaired) electrons. The van der Waals surface area contributed by atoms with Gasteiger partial charge in [0.25, 0.3) is 0 Å². The van der Waals surface area contributed by atoms with Gasteiger partial charge in [-0.05, 0) is 60.9 Å². The van der Waals surface area contributed by atoms with E-state index in [1.807, 2.05) is 55.5 Å². The van der Waals surface area contributed by atoms with E-state index in [4.69, 9.17) is 2.74 Å². The maximum atomic E-state index is 12.6. The highest BCUT2D eigenvalue weighted by Gasteiger charge is 2.23. The number of carbonyl (C=O) groups excluding carboxylic acids is 1. The zero-order valence-electron chi connectivity index (χ0n) is 18.6. The van der Waals surface area contributed by atoms with Crippen LogP contribution in [-0.2, 0) is 12.9 Å². The first kappa shape index (κ1) is 16.0. The number of nitrogens with one attached hydrogen (secondary N) is 3. The summed E-state index contributed by atoms with van der Waals surface area (Å²) < 4.78 is 17.9. The van der Waals surface area contributed by atoms with Crippen molar-refractivity contribution in [2.24, 2.45) is 0 Å². The van der Waals surface area contributed by atoms with Gasteiger partial charge in [-0.2, -0.15) is 0 Å². The molecule has 0 aliphatic carbocycles. The Labute approximate surface area is 177 Å². The third-order valence-electron chi connectivity index (χ3n) is 5.27. The van der Waals surface area contributed by atoms with Crippen LogP contribution in [-0.4, -0.2) is 22.5 Å². The van der Waals surface area contributed by atoms with Crippen LogP contribution in [0.3, 0.4) is 0 Å². The van der Waals surface area contributed by atoms with Crippen LogP contribution in [0, 0.1) is 6.92 Å². The highest BCUT2D eigenvalue weighted by Crippen LogP contribution is 2.35. The normalized spacial score (nSPS) is 14.2. The molecule has 0 bridgehead atoms. The summed E-state index contributed by atoms with van der Waals surface area (Å²) in [5.41, 5.74) is 5.41. The van der Waals surface area contributed by atoms with Gasteiger partial charge in [-0.15, -0.1) is 0 Å². The first-order chi connectivity index (χ1) is 15.4. The number of hydrogen-bond donors (Lipinski definition) is 3. The molecule has 0 fully saturated rings. The van der Waals surface area contributed by atoms with Crippen LogP contribution in [0.25, 0.3) is 11.0 Å². The smallest absolute Gasteiger partial charge is 0.323 e. The van der Waals surface area contributed by atoms with Gasteiger partial charge in [-0.1, -0.05) is 18.2 Å². The van der Waals surface area contributed by atoms with Crippen molar-refractivity contribution in [3.05, 3.63) is 83.7 Å². The summed E-state index contributed by atoms with van der Waals surface area (Å²) >= 11 is 0. The van der Waals surface area contributed by atoms with Crippen molar-refractivity contribution < 1.29 is 7.54 Å². The van der Waals surface area contributed by atoms with Crippen molar-refractivity contribution in [1.82, 2.24) is 9.97 Å². The minimum atomic E-state index is -1.74. The molecule has 0 saturated carbocycles. The van der Waals surface area contributed by atoms with Crippen LogP contribution < -0.4 is 15.5 Å². The van der Waals surface area contributed by atoms with E-state index in [2.05, 4.69) is 20.6 Å². The van der Waals surface area contributed by atoms with E-state index in [0.717, 1.165) is 27.9 Å². The number of rotatable bonds is 4. The van der Waals surface area contributed by atoms with Crippen molar-refractivity contribution >= 4 is 34.1 Å². The quantitative estimate of drug-likeness (QED) is 0.448. The molecule has 30 heavy (non-hydrogen) atoms. The van der Waals surface area contributed by atoms with E-state index in [0.29, 0.717) is 29.9 Å². The Kier molecular flexibility index (Phi) is 4.04. The fourth-order valence-electron chi connectivity index (χ4n) is 3.88. The third kappa shape index (κ3) is 3.48. The summed E-state index contributed by atoms with van der Waals surface area (Å²) in [5, 5.41) is 6.55. The standard InChI is InChI=1S/C24H23N5O/c1-16-4-2-5-18(14-16)27-24(30)28-21-6-3-7-22-20(21)10-13-29(22)15-17-8-11-25-23-19(17)9-12-26-23/h2-9,11-12,14H,10,13,15H2,1H3,(H,25,26)(H2,27,28,30)/i15D2. The predicted octanol–water partition coefficient (Wildman–Crippen LogP) is 5.08. The van der Waals surface area contributed by atoms with Gasteiger partial charge in [0.1, 0.15) is 5.65 Å². The summed E-state index contributed by atoms with van der Waals surface area (Å²) in [6.07, 6.45) is 4.03. The second-order valence-corrected chi connectivity index (χ2v) is 7.36. The van der Waals surface area contributed by atoms with Crippen molar-refractivity contribution in [3.8, 4) is 0 Å². The average Bonchev–Trinajstić information content (AvgIpc) is 3.41. The van der Waals surface area contributed by atoms with E-state index in [-0.39, 0.29) is 6.03 Å². The Morgan fingerprint density at radius 3 is 3.00 bits per heavy atom. The monoisotopic (exact) mass is 399 g/mol. The maximum Gasteiger partial charge on any atom is 0.323 e. The topological polar surface area (TPSA) is 73.0 Å². The fraction of sp³-hybridized carbons (Fsp3) is 0.167. The van der Waals surface area contributed by atoms with Crippen LogP contribution in [0.15, 0.2) is 67.0 Å². The summed E-state index contributed by atoms with van der Waals surface area (Å²) in [6, 6.07) is 16.5. The summed E-state index contributed by atoms with van der Waals surface area (Å²) in [6.45, 7) is 0.742. The van der Waals surface area contributed by atoms with Gasteiger partial charge >= 0.3 is 6.03 Å². The molecule has 0 unspecified atom stereocenters. The number of nitrogens with zero attached hydrogens (tertiary/aromatic N) is 2. The van der Waals surface area contributed by atoms with Crippen LogP contribution >= 0.6 is 0 Å². The molecule has 2 amide bonds. The molecule has 1 aliphatic heterocycles. The first-order valence-corrected chi connectivity index (χ1v) is 9.90. The van der Waals surface area contributed by atoms with E-state index >= 15 is 0 Å². The number of fused-ring (bicyclic) bond motifs is 2. The Balaban J connectivity index is 1.42. The minimum Gasteiger partial charge on any atom is -0.367 e. The number of amides is 2. The molecule has 5 rings (SSSR count). The number of anilines is 3. The lowest BCUT2D eigenvalue weighted by molar-refractivity contribution is 0.262. The number of carbonyl (C=O) groups is 1. The van der Waals surface area contributed by atoms with Crippen molar-refractivity contribution in [1.29, 1.82) is 0 Å². The number of H-pyrrole nitrogens is 1. The largest absolute Gasteiger partial charge is 0.367 e. The summed E-state index contributed by atoms with van der Waals surface area (Å²) in [5.74, 6) is 0. The Bertz CT molecular complexity index is 1320. The maximum absolute atomic E-state index is 12.6. The zero-order valence-corrected chi connectivity index (χ0v) is 16.6. The highest BCUT2D eigenvalue weighted by molar-refractivity contribution is 6.01. The number of benzene rings is 2. The number of pyridine rings is 1. The molecule has 3 heterocycles. The summed E-state index contributed by atoms with van der Waals surface area (Å²) in [4.78, 5) is 21.7. The van der Waals surface area contributed by atoms with Crippen LogP contribution in [0.4, 0.5) is 21.9 Å². The average molecular weight is 399 g/mol. The van der Waals surface area contributed by atoms with E-state index in [1.165, 1.54) is 0 Å². The van der Waals surface area contributed by atoms with Crippen LogP contribution in [0.5, 0.6) is 0 Å². The van der Waals surface area contributed by atoms with Crippen molar-refractivity contribution in [3.63, 3.8) is 0 Å². The predicted molar refractivity (Wildman–Crippen MR) is 121 cm³/mol. The Hall–Kier alpha value is -3.80. The number of hydrogen-bond acceptors (Lipinski definition) is 3. The van der Waals surface area contributed by atoms with E-state index in [1.54, 1.807) is 23.4 Å². The number of aromatic amines is 1. The lowest BCUT2D eigenvalue weighted by atomic mass is 10.1. The molecule has 4 aromatic rings. The molecule has 3 N–H and O–H groups in total. The highest BCUT2D eigenvalue weighted by atomic mass is 16.2. The molecule has 6 heteroatoms. The lowest BCUT2D eigenvalue weighted by Crippen LogP contribution is -2.20. The van der Waals surface area contributed by atoms with Gasteiger partial charge in [0.05, 0.1) is 2.74 Å². The lowest BCUT2D eigenvalue weighted by Gasteiger charge is -2.20. The molecule has 6 nitrogen and oxygen atoms in total. The molecule has 0 spiro atoms. The molecular weight excluding hydrogens is 374 g/mol. The molecule has 0 atom stereocenters.